The molecule has 8 aromatic rings. The summed E-state index contributed by atoms with van der Waals surface area (Å²) in [6, 6.07) is 52.5. The Morgan fingerprint density at radius 2 is 1.05 bits per heavy atom. The molecule has 0 saturated heterocycles. The number of benzene rings is 6. The van der Waals surface area contributed by atoms with Gasteiger partial charge in [-0.3, -0.25) is 0 Å². The van der Waals surface area contributed by atoms with Gasteiger partial charge in [0.1, 0.15) is 11.3 Å². The molecule has 204 valence electrons. The Bertz CT molecular complexity index is 2250. The number of fused-ring (bicyclic) bond motifs is 5. The Morgan fingerprint density at radius 1 is 0.488 bits per heavy atom. The molecule has 0 radical (unpaired) electrons. The van der Waals surface area contributed by atoms with Crippen molar-refractivity contribution in [2.45, 2.75) is 0 Å². The lowest BCUT2D eigenvalue weighted by atomic mass is 9.99. The van der Waals surface area contributed by atoms with Crippen LogP contribution in [0.25, 0.3) is 55.2 Å². The monoisotopic (exact) mass is 571 g/mol. The highest BCUT2D eigenvalue weighted by molar-refractivity contribution is 7.85. The van der Waals surface area contributed by atoms with Gasteiger partial charge in [-0.2, -0.15) is 0 Å². The molecule has 0 aliphatic carbocycles. The summed E-state index contributed by atoms with van der Waals surface area (Å²) in [5.41, 5.74) is 6.52. The largest absolute Gasteiger partial charge is 0.454 e. The van der Waals surface area contributed by atoms with E-state index in [4.69, 9.17) is 9.40 Å². The van der Waals surface area contributed by atoms with Crippen molar-refractivity contribution in [1.29, 1.82) is 0 Å². The number of hydrogen-bond acceptors (Lipinski definition) is 3. The van der Waals surface area contributed by atoms with Gasteiger partial charge in [-0.25, -0.2) is 4.98 Å². The summed E-state index contributed by atoms with van der Waals surface area (Å²) in [5, 5.41) is 5.65. The third-order valence-corrected chi connectivity index (χ3v) is 11.2. The minimum atomic E-state index is -3.04. The molecule has 0 N–H and O–H groups in total. The van der Waals surface area contributed by atoms with E-state index in [1.165, 1.54) is 0 Å². The van der Waals surface area contributed by atoms with Crippen LogP contribution < -0.4 is 15.9 Å². The zero-order chi connectivity index (χ0) is 28.8. The van der Waals surface area contributed by atoms with E-state index in [9.17, 15) is 4.57 Å². The van der Waals surface area contributed by atoms with Gasteiger partial charge in [0, 0.05) is 37.6 Å². The van der Waals surface area contributed by atoms with E-state index in [2.05, 4.69) is 48.5 Å². The predicted molar refractivity (Wildman–Crippen MR) is 179 cm³/mol. The van der Waals surface area contributed by atoms with E-state index >= 15 is 0 Å². The minimum Gasteiger partial charge on any atom is -0.454 e. The van der Waals surface area contributed by atoms with Crippen molar-refractivity contribution in [3.63, 3.8) is 0 Å². The van der Waals surface area contributed by atoms with Gasteiger partial charge in [-0.05, 0) is 29.3 Å². The first-order valence-corrected chi connectivity index (χ1v) is 16.0. The lowest BCUT2D eigenvalue weighted by Gasteiger charge is -2.20. The average molecular weight is 572 g/mol. The van der Waals surface area contributed by atoms with E-state index in [-0.39, 0.29) is 0 Å². The van der Waals surface area contributed by atoms with Crippen LogP contribution in [0.2, 0.25) is 0 Å². The highest BCUT2D eigenvalue weighted by Gasteiger charge is 2.29. The van der Waals surface area contributed by atoms with Crippen LogP contribution in [0.15, 0.2) is 162 Å². The van der Waals surface area contributed by atoms with Crippen LogP contribution in [0.4, 0.5) is 0 Å². The van der Waals surface area contributed by atoms with Crippen molar-refractivity contribution in [2.24, 2.45) is 0 Å². The molecule has 4 heteroatoms. The van der Waals surface area contributed by atoms with Gasteiger partial charge in [0.25, 0.3) is 0 Å². The summed E-state index contributed by atoms with van der Waals surface area (Å²) in [5.74, 6) is 0. The molecule has 0 aliphatic rings. The normalized spacial score (nSPS) is 11.8. The van der Waals surface area contributed by atoms with Crippen molar-refractivity contribution in [3.8, 4) is 22.4 Å². The van der Waals surface area contributed by atoms with Gasteiger partial charge in [-0.15, -0.1) is 0 Å². The van der Waals surface area contributed by atoms with Gasteiger partial charge in [0.15, 0.2) is 12.7 Å². The second-order valence-electron chi connectivity index (χ2n) is 10.7. The Balaban J connectivity index is 1.29. The van der Waals surface area contributed by atoms with Crippen LogP contribution in [-0.2, 0) is 4.57 Å². The smallest absolute Gasteiger partial charge is 0.171 e. The van der Waals surface area contributed by atoms with Crippen molar-refractivity contribution in [1.82, 2.24) is 4.98 Å². The number of aromatic nitrogens is 1. The third-order valence-electron chi connectivity index (χ3n) is 8.16. The highest BCUT2D eigenvalue weighted by Crippen LogP contribution is 2.43. The van der Waals surface area contributed by atoms with Crippen molar-refractivity contribution < 1.29 is 8.98 Å². The molecule has 0 amide bonds. The van der Waals surface area contributed by atoms with E-state index in [0.29, 0.717) is 0 Å². The van der Waals surface area contributed by atoms with Crippen LogP contribution in [0.1, 0.15) is 0 Å². The first-order valence-electron chi connectivity index (χ1n) is 14.3. The maximum absolute atomic E-state index is 14.8. The molecule has 43 heavy (non-hydrogen) atoms. The first-order chi connectivity index (χ1) is 21.2. The topological polar surface area (TPSA) is 43.1 Å². The fraction of sp³-hybridized carbons (Fsp3) is 0. The van der Waals surface area contributed by atoms with Crippen LogP contribution in [0.3, 0.4) is 0 Å². The van der Waals surface area contributed by atoms with Gasteiger partial charge in [0.05, 0.1) is 5.52 Å². The van der Waals surface area contributed by atoms with Crippen LogP contribution in [-0.4, -0.2) is 4.98 Å². The highest BCUT2D eigenvalue weighted by atomic mass is 31.2. The second-order valence-corrected chi connectivity index (χ2v) is 13.5. The summed E-state index contributed by atoms with van der Waals surface area (Å²) >= 11 is 0. The molecule has 0 unspecified atom stereocenters. The Hall–Kier alpha value is -5.24. The van der Waals surface area contributed by atoms with Gasteiger partial charge in [-0.1, -0.05) is 140 Å². The summed E-state index contributed by atoms with van der Waals surface area (Å²) in [6.07, 6.45) is 0. The molecule has 0 spiro atoms. The summed E-state index contributed by atoms with van der Waals surface area (Å²) in [6.45, 7) is 0. The van der Waals surface area contributed by atoms with Crippen molar-refractivity contribution in [2.75, 3.05) is 0 Å². The van der Waals surface area contributed by atoms with Crippen LogP contribution in [0.5, 0.6) is 0 Å². The summed E-state index contributed by atoms with van der Waals surface area (Å²) in [7, 11) is -3.04. The maximum atomic E-state index is 14.8. The number of pyridine rings is 1. The molecular weight excluding hydrogens is 545 g/mol. The molecule has 0 atom stereocenters. The summed E-state index contributed by atoms with van der Waals surface area (Å²) in [4.78, 5) is 5.09. The van der Waals surface area contributed by atoms with Crippen molar-refractivity contribution >= 4 is 55.9 Å². The Labute approximate surface area is 249 Å². The molecule has 8 rings (SSSR count). The van der Waals surface area contributed by atoms with Crippen molar-refractivity contribution in [3.05, 3.63) is 158 Å². The molecule has 3 nitrogen and oxygen atoms in total. The van der Waals surface area contributed by atoms with Gasteiger partial charge in [0.2, 0.25) is 0 Å². The van der Waals surface area contributed by atoms with Crippen LogP contribution in [0, 0.1) is 0 Å². The average Bonchev–Trinajstić information content (AvgIpc) is 3.49. The Morgan fingerprint density at radius 3 is 1.72 bits per heavy atom. The molecule has 2 heterocycles. The third kappa shape index (κ3) is 4.21. The molecule has 2 aromatic heterocycles. The molecule has 0 saturated carbocycles. The fourth-order valence-electron chi connectivity index (χ4n) is 6.04. The molecule has 0 fully saturated rings. The van der Waals surface area contributed by atoms with E-state index in [1.54, 1.807) is 0 Å². The van der Waals surface area contributed by atoms with E-state index in [1.807, 2.05) is 109 Å². The number of rotatable bonds is 5. The number of furan rings is 1. The quantitative estimate of drug-likeness (QED) is 0.194. The number of para-hydroxylation sites is 1. The Kier molecular flexibility index (Phi) is 6.06. The lowest BCUT2D eigenvalue weighted by Crippen LogP contribution is -2.24. The number of hydrogen-bond donors (Lipinski definition) is 0. The molecular formula is C39H26NO2P. The number of nitrogens with zero attached hydrogens (tertiary/aromatic N) is 1. The molecule has 0 aliphatic heterocycles. The zero-order valence-corrected chi connectivity index (χ0v) is 24.1. The van der Waals surface area contributed by atoms with E-state index < -0.39 is 7.14 Å². The minimum absolute atomic E-state index is 0.791. The van der Waals surface area contributed by atoms with Crippen LogP contribution >= 0.6 is 7.14 Å². The maximum Gasteiger partial charge on any atom is 0.171 e. The zero-order valence-electron chi connectivity index (χ0n) is 23.2. The second kappa shape index (κ2) is 10.2. The van der Waals surface area contributed by atoms with Gasteiger partial charge >= 0.3 is 0 Å². The van der Waals surface area contributed by atoms with E-state index in [0.717, 1.165) is 71.1 Å². The fourth-order valence-corrected chi connectivity index (χ4v) is 8.69. The van der Waals surface area contributed by atoms with Gasteiger partial charge < -0.3 is 8.98 Å². The summed E-state index contributed by atoms with van der Waals surface area (Å²) < 4.78 is 21.2. The predicted octanol–water partition coefficient (Wildman–Crippen LogP) is 9.11. The first kappa shape index (κ1) is 25.5. The molecule has 6 aromatic carbocycles. The SMILES string of the molecule is O=P(c1ccccc1)(c1ccccc1)c1ccc(-c2ccc3nc(-c4ccccc4)c4oc5ccccc5c4c3c2)cc1. The lowest BCUT2D eigenvalue weighted by molar-refractivity contribution is 0.592. The molecule has 0 bridgehead atoms. The standard InChI is InChI=1S/C39H26NO2P/c41-43(30-14-6-2-7-15-30,31-16-8-3-9-17-31)32-23-20-27(21-24-32)29-22-25-35-34(26-29)37-33-18-10-11-19-36(33)42-39(37)38(40-35)28-12-4-1-5-13-28/h1-26H.